The molecule has 0 saturated carbocycles. The SMILES string of the molecule is CNC(C)(C#N)CCCCN(C)c1ccc(C)cc1C. The molecular weight excluding hydrogens is 246 g/mol. The molecule has 0 aromatic heterocycles. The molecule has 1 N–H and O–H groups in total. The summed E-state index contributed by atoms with van der Waals surface area (Å²) in [4.78, 5) is 2.30. The maximum Gasteiger partial charge on any atom is 0.103 e. The predicted octanol–water partition coefficient (Wildman–Crippen LogP) is 3.41. The second-order valence-electron chi connectivity index (χ2n) is 5.86. The summed E-state index contributed by atoms with van der Waals surface area (Å²) >= 11 is 0. The highest BCUT2D eigenvalue weighted by atomic mass is 15.1. The van der Waals surface area contributed by atoms with Crippen LogP contribution in [0.15, 0.2) is 18.2 Å². The van der Waals surface area contributed by atoms with Gasteiger partial charge < -0.3 is 10.2 Å². The maximum atomic E-state index is 9.11. The zero-order valence-corrected chi connectivity index (χ0v) is 13.5. The second kappa shape index (κ2) is 7.31. The second-order valence-corrected chi connectivity index (χ2v) is 5.86. The molecule has 3 heteroatoms. The van der Waals surface area contributed by atoms with Crippen LogP contribution < -0.4 is 10.2 Å². The molecular formula is C17H27N3. The maximum absolute atomic E-state index is 9.11. The fourth-order valence-electron chi connectivity index (χ4n) is 2.42. The highest BCUT2D eigenvalue weighted by Gasteiger charge is 2.19. The summed E-state index contributed by atoms with van der Waals surface area (Å²) in [6.45, 7) is 7.26. The molecule has 0 amide bonds. The number of nitriles is 1. The molecule has 0 aliphatic carbocycles. The minimum atomic E-state index is -0.391. The summed E-state index contributed by atoms with van der Waals surface area (Å²) in [5, 5.41) is 12.2. The van der Waals surface area contributed by atoms with Gasteiger partial charge in [0.15, 0.2) is 0 Å². The Morgan fingerprint density at radius 1 is 1.30 bits per heavy atom. The quantitative estimate of drug-likeness (QED) is 0.774. The average molecular weight is 273 g/mol. The standard InChI is InChI=1S/C17H27N3/c1-14-8-9-16(15(2)12-14)20(5)11-7-6-10-17(3,13-18)19-4/h8-9,12,19H,6-7,10-11H2,1-5H3. The van der Waals surface area contributed by atoms with Crippen LogP contribution in [0.1, 0.15) is 37.3 Å². The zero-order valence-electron chi connectivity index (χ0n) is 13.5. The normalized spacial score (nSPS) is 13.6. The lowest BCUT2D eigenvalue weighted by Gasteiger charge is -2.24. The Kier molecular flexibility index (Phi) is 6.04. The van der Waals surface area contributed by atoms with Crippen molar-refractivity contribution in [3.8, 4) is 6.07 Å². The molecule has 0 fully saturated rings. The third-order valence-electron chi connectivity index (χ3n) is 3.98. The highest BCUT2D eigenvalue weighted by molar-refractivity contribution is 5.53. The Hall–Kier alpha value is -1.53. The van der Waals surface area contributed by atoms with Crippen molar-refractivity contribution >= 4 is 5.69 Å². The van der Waals surface area contributed by atoms with E-state index < -0.39 is 5.54 Å². The predicted molar refractivity (Wildman–Crippen MR) is 86.1 cm³/mol. The molecule has 1 atom stereocenters. The third kappa shape index (κ3) is 4.54. The van der Waals surface area contributed by atoms with Gasteiger partial charge in [-0.3, -0.25) is 0 Å². The van der Waals surface area contributed by atoms with Gasteiger partial charge in [0.2, 0.25) is 0 Å². The van der Waals surface area contributed by atoms with Crippen molar-refractivity contribution in [1.82, 2.24) is 5.32 Å². The molecule has 1 rings (SSSR count). The van der Waals surface area contributed by atoms with Crippen molar-refractivity contribution in [3.05, 3.63) is 29.3 Å². The van der Waals surface area contributed by atoms with E-state index in [-0.39, 0.29) is 0 Å². The fraction of sp³-hybridized carbons (Fsp3) is 0.588. The Morgan fingerprint density at radius 2 is 2.00 bits per heavy atom. The minimum Gasteiger partial charge on any atom is -0.374 e. The highest BCUT2D eigenvalue weighted by Crippen LogP contribution is 2.21. The number of hydrogen-bond acceptors (Lipinski definition) is 3. The largest absolute Gasteiger partial charge is 0.374 e. The van der Waals surface area contributed by atoms with Gasteiger partial charge in [-0.1, -0.05) is 17.7 Å². The van der Waals surface area contributed by atoms with E-state index in [9.17, 15) is 0 Å². The van der Waals surface area contributed by atoms with Crippen molar-refractivity contribution < 1.29 is 0 Å². The average Bonchev–Trinajstić information content (AvgIpc) is 2.43. The third-order valence-corrected chi connectivity index (χ3v) is 3.98. The molecule has 20 heavy (non-hydrogen) atoms. The van der Waals surface area contributed by atoms with Gasteiger partial charge in [-0.15, -0.1) is 0 Å². The summed E-state index contributed by atoms with van der Waals surface area (Å²) in [5.41, 5.74) is 3.54. The zero-order chi connectivity index (χ0) is 15.2. The van der Waals surface area contributed by atoms with Crippen molar-refractivity contribution in [1.29, 1.82) is 5.26 Å². The molecule has 3 nitrogen and oxygen atoms in total. The molecule has 0 aliphatic rings. The molecule has 0 saturated heterocycles. The van der Waals surface area contributed by atoms with E-state index in [1.54, 1.807) is 0 Å². The van der Waals surface area contributed by atoms with Crippen LogP contribution in [-0.2, 0) is 0 Å². The summed E-state index contributed by atoms with van der Waals surface area (Å²) < 4.78 is 0. The van der Waals surface area contributed by atoms with E-state index in [2.05, 4.69) is 55.4 Å². The van der Waals surface area contributed by atoms with Crippen molar-refractivity contribution in [2.24, 2.45) is 0 Å². The van der Waals surface area contributed by atoms with Crippen LogP contribution in [0.5, 0.6) is 0 Å². The van der Waals surface area contributed by atoms with Gasteiger partial charge >= 0.3 is 0 Å². The van der Waals surface area contributed by atoms with Crippen LogP contribution in [-0.4, -0.2) is 26.2 Å². The lowest BCUT2D eigenvalue weighted by atomic mass is 9.97. The Balaban J connectivity index is 2.44. The topological polar surface area (TPSA) is 39.1 Å². The first-order valence-corrected chi connectivity index (χ1v) is 7.30. The molecule has 0 bridgehead atoms. The number of aryl methyl sites for hydroxylation is 2. The van der Waals surface area contributed by atoms with Crippen LogP contribution >= 0.6 is 0 Å². The first kappa shape index (κ1) is 16.5. The van der Waals surface area contributed by atoms with Gasteiger partial charge in [0.05, 0.1) is 6.07 Å². The van der Waals surface area contributed by atoms with E-state index in [1.807, 2.05) is 14.0 Å². The molecule has 1 unspecified atom stereocenters. The molecule has 1 aromatic rings. The summed E-state index contributed by atoms with van der Waals surface area (Å²) in [5.74, 6) is 0. The number of unbranched alkanes of at least 4 members (excludes halogenated alkanes) is 1. The molecule has 0 heterocycles. The van der Waals surface area contributed by atoms with Crippen LogP contribution in [0.2, 0.25) is 0 Å². The van der Waals surface area contributed by atoms with Gasteiger partial charge in [-0.25, -0.2) is 0 Å². The van der Waals surface area contributed by atoms with Gasteiger partial charge in [-0.2, -0.15) is 5.26 Å². The Morgan fingerprint density at radius 3 is 2.55 bits per heavy atom. The van der Waals surface area contributed by atoms with Crippen molar-refractivity contribution in [3.63, 3.8) is 0 Å². The number of rotatable bonds is 7. The molecule has 0 aliphatic heterocycles. The van der Waals surface area contributed by atoms with Crippen molar-refractivity contribution in [2.45, 2.75) is 45.6 Å². The lowest BCUT2D eigenvalue weighted by molar-refractivity contribution is 0.434. The van der Waals surface area contributed by atoms with Gasteiger partial charge in [0, 0.05) is 19.3 Å². The van der Waals surface area contributed by atoms with E-state index in [0.717, 1.165) is 25.8 Å². The number of nitrogens with one attached hydrogen (secondary N) is 1. The molecule has 1 aromatic carbocycles. The summed E-state index contributed by atoms with van der Waals surface area (Å²) in [7, 11) is 3.99. The number of benzene rings is 1. The van der Waals surface area contributed by atoms with E-state index in [4.69, 9.17) is 5.26 Å². The van der Waals surface area contributed by atoms with Gasteiger partial charge in [0.25, 0.3) is 0 Å². The van der Waals surface area contributed by atoms with Crippen LogP contribution in [0, 0.1) is 25.2 Å². The Bertz CT molecular complexity index is 476. The van der Waals surface area contributed by atoms with Crippen LogP contribution in [0.3, 0.4) is 0 Å². The van der Waals surface area contributed by atoms with Gasteiger partial charge in [0.1, 0.15) is 5.54 Å². The van der Waals surface area contributed by atoms with Crippen LogP contribution in [0.25, 0.3) is 0 Å². The van der Waals surface area contributed by atoms with Crippen molar-refractivity contribution in [2.75, 3.05) is 25.5 Å². The fourth-order valence-corrected chi connectivity index (χ4v) is 2.42. The first-order valence-electron chi connectivity index (χ1n) is 7.30. The molecule has 110 valence electrons. The first-order chi connectivity index (χ1) is 9.41. The molecule has 0 spiro atoms. The van der Waals surface area contributed by atoms with Gasteiger partial charge in [-0.05, 0) is 58.7 Å². The van der Waals surface area contributed by atoms with Crippen LogP contribution in [0.4, 0.5) is 5.69 Å². The lowest BCUT2D eigenvalue weighted by Crippen LogP contribution is -2.38. The van der Waals surface area contributed by atoms with E-state index in [0.29, 0.717) is 0 Å². The number of anilines is 1. The summed E-state index contributed by atoms with van der Waals surface area (Å²) in [6.07, 6.45) is 3.05. The number of hydrogen-bond donors (Lipinski definition) is 1. The summed E-state index contributed by atoms with van der Waals surface area (Å²) in [6, 6.07) is 8.91. The van der Waals surface area contributed by atoms with E-state index >= 15 is 0 Å². The number of nitrogens with zero attached hydrogens (tertiary/aromatic N) is 2. The monoisotopic (exact) mass is 273 g/mol. The van der Waals surface area contributed by atoms with E-state index in [1.165, 1.54) is 16.8 Å². The minimum absolute atomic E-state index is 0.391. The Labute approximate surface area is 123 Å². The smallest absolute Gasteiger partial charge is 0.103 e. The molecule has 0 radical (unpaired) electrons.